The smallest absolute Gasteiger partial charge is 0.341 e. The number of fused-ring (bicyclic) bond motifs is 1. The molecular weight excluding hydrogens is 520 g/mol. The van der Waals surface area contributed by atoms with Crippen molar-refractivity contribution in [1.29, 1.82) is 0 Å². The average Bonchev–Trinajstić information content (AvgIpc) is 3.49. The number of thioether (sulfide) groups is 1. The number of urea groups is 1. The summed E-state index contributed by atoms with van der Waals surface area (Å²) in [6.45, 7) is 4.39. The predicted molar refractivity (Wildman–Crippen MR) is 149 cm³/mol. The highest BCUT2D eigenvalue weighted by Crippen LogP contribution is 2.35. The predicted octanol–water partition coefficient (Wildman–Crippen LogP) is 2.55. The van der Waals surface area contributed by atoms with Crippen LogP contribution in [-0.2, 0) is 9.59 Å². The highest BCUT2D eigenvalue weighted by atomic mass is 32.2. The number of amides is 4. The number of ether oxygens (including phenoxy) is 1. The van der Waals surface area contributed by atoms with Gasteiger partial charge in [-0.3, -0.25) is 9.59 Å². The third-order valence-corrected chi connectivity index (χ3v) is 8.08. The van der Waals surface area contributed by atoms with Gasteiger partial charge in [-0.05, 0) is 48.2 Å². The Morgan fingerprint density at radius 2 is 1.79 bits per heavy atom. The number of rotatable bonds is 13. The Hall–Kier alpha value is -3.99. The molecule has 10 nitrogen and oxygen atoms in total. The summed E-state index contributed by atoms with van der Waals surface area (Å²) in [5.74, 6) is -0.0602. The van der Waals surface area contributed by atoms with Crippen LogP contribution in [0, 0.1) is 0 Å². The first-order chi connectivity index (χ1) is 18.8. The molecule has 4 rings (SSSR count). The fourth-order valence-corrected chi connectivity index (χ4v) is 6.11. The second kappa shape index (κ2) is 13.2. The Bertz CT molecular complexity index is 1230. The summed E-state index contributed by atoms with van der Waals surface area (Å²) in [5, 5.41) is 20.4. The van der Waals surface area contributed by atoms with Crippen LogP contribution in [0.2, 0.25) is 0 Å². The maximum absolute atomic E-state index is 12.6. The van der Waals surface area contributed by atoms with Gasteiger partial charge in [-0.1, -0.05) is 36.4 Å². The molecule has 0 radical (unpaired) electrons. The van der Waals surface area contributed by atoms with Gasteiger partial charge < -0.3 is 31.1 Å². The Labute approximate surface area is 231 Å². The molecule has 0 aliphatic carbocycles. The molecule has 3 atom stereocenters. The van der Waals surface area contributed by atoms with Crippen LogP contribution in [-0.4, -0.2) is 71.7 Å². The van der Waals surface area contributed by atoms with Gasteiger partial charge >= 0.3 is 12.0 Å². The van der Waals surface area contributed by atoms with Gasteiger partial charge in [0.15, 0.2) is 6.61 Å². The van der Waals surface area contributed by atoms with E-state index >= 15 is 0 Å². The van der Waals surface area contributed by atoms with E-state index in [1.54, 1.807) is 54.2 Å². The number of carbonyl (C=O) groups is 4. The molecule has 2 aliphatic heterocycles. The van der Waals surface area contributed by atoms with E-state index in [2.05, 4.69) is 27.8 Å². The first-order valence-corrected chi connectivity index (χ1v) is 13.8. The Morgan fingerprint density at radius 1 is 1.03 bits per heavy atom. The van der Waals surface area contributed by atoms with E-state index in [9.17, 15) is 19.2 Å². The molecule has 0 spiro atoms. The van der Waals surface area contributed by atoms with Crippen molar-refractivity contribution in [1.82, 2.24) is 21.3 Å². The molecule has 2 saturated heterocycles. The summed E-state index contributed by atoms with van der Waals surface area (Å²) in [6, 6.07) is 14.2. The van der Waals surface area contributed by atoms with E-state index in [0.29, 0.717) is 37.2 Å². The average molecular weight is 553 g/mol. The molecule has 206 valence electrons. The number of carboxylic acid groups (broad SMARTS) is 1. The lowest BCUT2D eigenvalue weighted by Crippen LogP contribution is -2.37. The van der Waals surface area contributed by atoms with Crippen molar-refractivity contribution >= 4 is 35.6 Å². The van der Waals surface area contributed by atoms with Crippen LogP contribution in [0.25, 0.3) is 11.1 Å². The Balaban J connectivity index is 1.14. The summed E-state index contributed by atoms with van der Waals surface area (Å²) in [4.78, 5) is 47.0. The quantitative estimate of drug-likeness (QED) is 0.146. The zero-order valence-electron chi connectivity index (χ0n) is 21.4. The molecule has 2 fully saturated rings. The van der Waals surface area contributed by atoms with Crippen LogP contribution in [0.3, 0.4) is 0 Å². The fourth-order valence-electron chi connectivity index (χ4n) is 4.58. The number of benzene rings is 2. The maximum Gasteiger partial charge on any atom is 0.341 e. The van der Waals surface area contributed by atoms with Crippen LogP contribution < -0.4 is 26.0 Å². The lowest BCUT2D eigenvalue weighted by Gasteiger charge is -2.19. The molecule has 0 bridgehead atoms. The second-order valence-corrected chi connectivity index (χ2v) is 10.6. The third-order valence-electron chi connectivity index (χ3n) is 6.54. The van der Waals surface area contributed by atoms with Gasteiger partial charge in [-0.15, -0.1) is 11.8 Å². The summed E-state index contributed by atoms with van der Waals surface area (Å²) in [5.41, 5.74) is 3.23. The molecule has 0 aromatic heterocycles. The molecule has 2 heterocycles. The minimum Gasteiger partial charge on any atom is -0.482 e. The molecule has 39 heavy (non-hydrogen) atoms. The van der Waals surface area contributed by atoms with Crippen LogP contribution in [0.5, 0.6) is 5.75 Å². The topological polar surface area (TPSA) is 146 Å². The monoisotopic (exact) mass is 552 g/mol. The molecule has 2 aliphatic rings. The number of carbonyl (C=O) groups excluding carboxylic acids is 3. The van der Waals surface area contributed by atoms with E-state index in [-0.39, 0.29) is 35.2 Å². The molecule has 4 amide bonds. The van der Waals surface area contributed by atoms with Crippen molar-refractivity contribution < 1.29 is 29.0 Å². The molecule has 5 N–H and O–H groups in total. The summed E-state index contributed by atoms with van der Waals surface area (Å²) < 4.78 is 5.15. The zero-order valence-corrected chi connectivity index (χ0v) is 22.2. The van der Waals surface area contributed by atoms with Crippen molar-refractivity contribution in [3.63, 3.8) is 0 Å². The third kappa shape index (κ3) is 7.76. The summed E-state index contributed by atoms with van der Waals surface area (Å²) >= 11 is 1.78. The minimum absolute atomic E-state index is 0.0683. The van der Waals surface area contributed by atoms with Gasteiger partial charge in [-0.25, -0.2) is 9.59 Å². The van der Waals surface area contributed by atoms with Crippen LogP contribution in [0.4, 0.5) is 4.79 Å². The van der Waals surface area contributed by atoms with Gasteiger partial charge in [0, 0.05) is 36.1 Å². The normalized spacial score (nSPS) is 19.4. The molecule has 2 aromatic carbocycles. The van der Waals surface area contributed by atoms with Gasteiger partial charge in [-0.2, -0.15) is 0 Å². The lowest BCUT2D eigenvalue weighted by atomic mass is 9.99. The molecule has 11 heteroatoms. The second-order valence-electron chi connectivity index (χ2n) is 9.41. The van der Waals surface area contributed by atoms with E-state index in [1.807, 2.05) is 6.07 Å². The van der Waals surface area contributed by atoms with E-state index < -0.39 is 12.6 Å². The molecular formula is C28H32N4O6S. The van der Waals surface area contributed by atoms with E-state index in [1.165, 1.54) is 0 Å². The van der Waals surface area contributed by atoms with Gasteiger partial charge in [0.05, 0.1) is 12.1 Å². The standard InChI is InChI=1S/C28H32N4O6S/c1-17(26-25-22(16-39-26)31-28(37)32-25)4-2-7-23(33)29-12-13-30-27(36)20-6-3-5-19(14-20)18-8-10-21(11-9-18)38-15-24(34)35/h3,5-6,8-11,14,22,25-26H,1-2,4,7,12-13,15-16H2,(H,29,33)(H,30,36)(H,34,35)(H2,31,32,37)/t22-,25-,26-/m0/s1. The van der Waals surface area contributed by atoms with Crippen molar-refractivity contribution in [3.8, 4) is 16.9 Å². The summed E-state index contributed by atoms with van der Waals surface area (Å²) in [6.07, 6.45) is 1.76. The Kier molecular flexibility index (Phi) is 9.48. The molecule has 0 saturated carbocycles. The van der Waals surface area contributed by atoms with Crippen molar-refractivity contribution in [2.75, 3.05) is 25.4 Å². The number of hydrogen-bond acceptors (Lipinski definition) is 6. The van der Waals surface area contributed by atoms with Crippen molar-refractivity contribution in [3.05, 3.63) is 66.2 Å². The maximum atomic E-state index is 12.6. The molecule has 0 unspecified atom stereocenters. The first-order valence-electron chi connectivity index (χ1n) is 12.8. The van der Waals surface area contributed by atoms with Crippen molar-refractivity contribution in [2.45, 2.75) is 36.6 Å². The SMILES string of the molecule is C=C(CCCC(=O)NCCNC(=O)c1cccc(-c2ccc(OCC(=O)O)cc2)c1)[C@@H]1SC[C@@H]2NC(=O)N[C@@H]21. The van der Waals surface area contributed by atoms with Gasteiger partial charge in [0.1, 0.15) is 5.75 Å². The van der Waals surface area contributed by atoms with Crippen LogP contribution in [0.1, 0.15) is 29.6 Å². The Morgan fingerprint density at radius 3 is 2.56 bits per heavy atom. The van der Waals surface area contributed by atoms with Gasteiger partial charge in [0.25, 0.3) is 5.91 Å². The summed E-state index contributed by atoms with van der Waals surface area (Å²) in [7, 11) is 0. The number of nitrogens with one attached hydrogen (secondary N) is 4. The number of aliphatic carboxylic acids is 1. The number of carboxylic acids is 1. The lowest BCUT2D eigenvalue weighted by molar-refractivity contribution is -0.139. The minimum atomic E-state index is -1.05. The first kappa shape index (κ1) is 28.0. The van der Waals surface area contributed by atoms with Crippen LogP contribution in [0.15, 0.2) is 60.7 Å². The van der Waals surface area contributed by atoms with Gasteiger partial charge in [0.2, 0.25) is 5.91 Å². The largest absolute Gasteiger partial charge is 0.482 e. The highest BCUT2D eigenvalue weighted by molar-refractivity contribution is 8.00. The zero-order chi connectivity index (χ0) is 27.8. The number of hydrogen-bond donors (Lipinski definition) is 5. The van der Waals surface area contributed by atoms with E-state index in [4.69, 9.17) is 9.84 Å². The highest BCUT2D eigenvalue weighted by Gasteiger charge is 2.43. The van der Waals surface area contributed by atoms with Crippen molar-refractivity contribution in [2.24, 2.45) is 0 Å². The fraction of sp³-hybridized carbons (Fsp3) is 0.357. The molecule has 2 aromatic rings. The van der Waals surface area contributed by atoms with E-state index in [0.717, 1.165) is 28.9 Å². The van der Waals surface area contributed by atoms with Crippen LogP contribution >= 0.6 is 11.8 Å².